The summed E-state index contributed by atoms with van der Waals surface area (Å²) < 4.78 is 5.23. The second-order valence-corrected chi connectivity index (χ2v) is 4.53. The van der Waals surface area contributed by atoms with Gasteiger partial charge in [-0.3, -0.25) is 0 Å². The molecular formula is C15H19N3O. The molecule has 0 saturated heterocycles. The summed E-state index contributed by atoms with van der Waals surface area (Å²) in [5.74, 6) is 2.17. The highest BCUT2D eigenvalue weighted by Gasteiger charge is 2.12. The summed E-state index contributed by atoms with van der Waals surface area (Å²) in [6.07, 6.45) is 0.771. The summed E-state index contributed by atoms with van der Waals surface area (Å²) in [4.78, 5) is 8.89. The molecule has 0 aliphatic carbocycles. The first-order chi connectivity index (χ1) is 9.06. The SMILES string of the molecule is CCc1nc(N)c(C)c(-c2ccc(OC)cc2C)n1. The Kier molecular flexibility index (Phi) is 3.69. The Bertz CT molecular complexity index is 609. The summed E-state index contributed by atoms with van der Waals surface area (Å²) in [5, 5.41) is 0. The summed E-state index contributed by atoms with van der Waals surface area (Å²) in [5.41, 5.74) is 9.98. The Labute approximate surface area is 113 Å². The number of methoxy groups -OCH3 is 1. The number of rotatable bonds is 3. The molecule has 2 rings (SSSR count). The molecule has 1 heterocycles. The number of aromatic nitrogens is 2. The first-order valence-corrected chi connectivity index (χ1v) is 6.34. The summed E-state index contributed by atoms with van der Waals surface area (Å²) in [7, 11) is 1.66. The van der Waals surface area contributed by atoms with Gasteiger partial charge in [0.05, 0.1) is 12.8 Å². The normalized spacial score (nSPS) is 10.5. The highest BCUT2D eigenvalue weighted by molar-refractivity contribution is 5.70. The van der Waals surface area contributed by atoms with Crippen molar-refractivity contribution in [3.05, 3.63) is 35.2 Å². The topological polar surface area (TPSA) is 61.0 Å². The molecule has 0 amide bonds. The molecule has 0 bridgehead atoms. The van der Waals surface area contributed by atoms with E-state index in [2.05, 4.69) is 9.97 Å². The fraction of sp³-hybridized carbons (Fsp3) is 0.333. The summed E-state index contributed by atoms with van der Waals surface area (Å²) in [6.45, 7) is 6.02. The fourth-order valence-electron chi connectivity index (χ4n) is 2.03. The number of nitrogens with two attached hydrogens (primary N) is 1. The van der Waals surface area contributed by atoms with E-state index in [4.69, 9.17) is 10.5 Å². The molecule has 19 heavy (non-hydrogen) atoms. The van der Waals surface area contributed by atoms with Gasteiger partial charge in [-0.25, -0.2) is 9.97 Å². The molecule has 2 aromatic rings. The second kappa shape index (κ2) is 5.26. The van der Waals surface area contributed by atoms with Crippen molar-refractivity contribution in [2.75, 3.05) is 12.8 Å². The lowest BCUT2D eigenvalue weighted by Gasteiger charge is -2.12. The Hall–Kier alpha value is -2.10. The molecule has 0 aliphatic heterocycles. The number of anilines is 1. The quantitative estimate of drug-likeness (QED) is 0.918. The smallest absolute Gasteiger partial charge is 0.131 e. The third kappa shape index (κ3) is 2.52. The standard InChI is InChI=1S/C15H19N3O/c1-5-13-17-14(10(3)15(16)18-13)12-7-6-11(19-4)8-9(12)2/h6-8H,5H2,1-4H3,(H2,16,17,18). The van der Waals surface area contributed by atoms with Crippen LogP contribution >= 0.6 is 0 Å². The fourth-order valence-corrected chi connectivity index (χ4v) is 2.03. The van der Waals surface area contributed by atoms with Crippen molar-refractivity contribution in [2.45, 2.75) is 27.2 Å². The first kappa shape index (κ1) is 13.3. The number of nitrogens with zero attached hydrogens (tertiary/aromatic N) is 2. The van der Waals surface area contributed by atoms with Gasteiger partial charge in [-0.1, -0.05) is 6.92 Å². The molecule has 4 heteroatoms. The Morgan fingerprint density at radius 2 is 1.95 bits per heavy atom. The van der Waals surface area contributed by atoms with Gasteiger partial charge in [0.2, 0.25) is 0 Å². The molecule has 4 nitrogen and oxygen atoms in total. The second-order valence-electron chi connectivity index (χ2n) is 4.53. The predicted octanol–water partition coefficient (Wildman–Crippen LogP) is 2.91. The zero-order chi connectivity index (χ0) is 14.0. The molecule has 2 N–H and O–H groups in total. The van der Waals surface area contributed by atoms with E-state index in [9.17, 15) is 0 Å². The lowest BCUT2D eigenvalue weighted by molar-refractivity contribution is 0.414. The molecule has 0 radical (unpaired) electrons. The van der Waals surface area contributed by atoms with E-state index < -0.39 is 0 Å². The maximum absolute atomic E-state index is 5.96. The minimum Gasteiger partial charge on any atom is -0.497 e. The first-order valence-electron chi connectivity index (χ1n) is 6.34. The Morgan fingerprint density at radius 1 is 1.21 bits per heavy atom. The molecule has 1 aromatic heterocycles. The minimum absolute atomic E-state index is 0.553. The molecule has 0 unspecified atom stereocenters. The van der Waals surface area contributed by atoms with Gasteiger partial charge in [0.15, 0.2) is 0 Å². The van der Waals surface area contributed by atoms with Crippen molar-refractivity contribution in [3.63, 3.8) is 0 Å². The predicted molar refractivity (Wildman–Crippen MR) is 77.3 cm³/mol. The lowest BCUT2D eigenvalue weighted by atomic mass is 10.0. The summed E-state index contributed by atoms with van der Waals surface area (Å²) in [6, 6.07) is 5.95. The van der Waals surface area contributed by atoms with E-state index in [1.165, 1.54) is 0 Å². The van der Waals surface area contributed by atoms with Crippen molar-refractivity contribution >= 4 is 5.82 Å². The zero-order valence-corrected chi connectivity index (χ0v) is 11.8. The summed E-state index contributed by atoms with van der Waals surface area (Å²) >= 11 is 0. The van der Waals surface area contributed by atoms with Gasteiger partial charge in [-0.2, -0.15) is 0 Å². The average molecular weight is 257 g/mol. The highest BCUT2D eigenvalue weighted by atomic mass is 16.5. The van der Waals surface area contributed by atoms with Crippen LogP contribution < -0.4 is 10.5 Å². The van der Waals surface area contributed by atoms with Gasteiger partial charge >= 0.3 is 0 Å². The lowest BCUT2D eigenvalue weighted by Crippen LogP contribution is -2.04. The zero-order valence-electron chi connectivity index (χ0n) is 11.8. The number of benzene rings is 1. The number of hydrogen-bond acceptors (Lipinski definition) is 4. The van der Waals surface area contributed by atoms with Crippen LogP contribution in [-0.2, 0) is 6.42 Å². The van der Waals surface area contributed by atoms with Crippen LogP contribution in [0.15, 0.2) is 18.2 Å². The maximum atomic E-state index is 5.96. The number of ether oxygens (including phenoxy) is 1. The van der Waals surface area contributed by atoms with Crippen molar-refractivity contribution in [2.24, 2.45) is 0 Å². The van der Waals surface area contributed by atoms with Crippen molar-refractivity contribution < 1.29 is 4.74 Å². The van der Waals surface area contributed by atoms with E-state index in [0.717, 1.165) is 40.4 Å². The van der Waals surface area contributed by atoms with E-state index in [1.54, 1.807) is 7.11 Å². The molecule has 0 aliphatic rings. The molecular weight excluding hydrogens is 238 g/mol. The Balaban J connectivity index is 2.61. The van der Waals surface area contributed by atoms with E-state index in [0.29, 0.717) is 5.82 Å². The van der Waals surface area contributed by atoms with Gasteiger partial charge in [-0.15, -0.1) is 0 Å². The van der Waals surface area contributed by atoms with Crippen LogP contribution in [0.3, 0.4) is 0 Å². The van der Waals surface area contributed by atoms with Gasteiger partial charge in [-0.05, 0) is 37.6 Å². The molecule has 1 aromatic carbocycles. The molecule has 0 atom stereocenters. The van der Waals surface area contributed by atoms with Crippen LogP contribution in [0.5, 0.6) is 5.75 Å². The molecule has 100 valence electrons. The van der Waals surface area contributed by atoms with Gasteiger partial charge in [0.25, 0.3) is 0 Å². The average Bonchev–Trinajstić information content (AvgIpc) is 2.42. The number of aryl methyl sites for hydroxylation is 2. The largest absolute Gasteiger partial charge is 0.497 e. The third-order valence-corrected chi connectivity index (χ3v) is 3.23. The molecule has 0 saturated carbocycles. The maximum Gasteiger partial charge on any atom is 0.131 e. The van der Waals surface area contributed by atoms with Crippen LogP contribution in [0.2, 0.25) is 0 Å². The van der Waals surface area contributed by atoms with E-state index >= 15 is 0 Å². The van der Waals surface area contributed by atoms with Crippen LogP contribution in [0.4, 0.5) is 5.82 Å². The van der Waals surface area contributed by atoms with E-state index in [1.807, 2.05) is 39.0 Å². The highest BCUT2D eigenvalue weighted by Crippen LogP contribution is 2.29. The monoisotopic (exact) mass is 257 g/mol. The molecule has 0 fully saturated rings. The number of nitrogen functional groups attached to an aromatic ring is 1. The van der Waals surface area contributed by atoms with Gasteiger partial charge in [0, 0.05) is 17.5 Å². The van der Waals surface area contributed by atoms with E-state index in [-0.39, 0.29) is 0 Å². The van der Waals surface area contributed by atoms with Crippen molar-refractivity contribution in [1.29, 1.82) is 0 Å². The van der Waals surface area contributed by atoms with Gasteiger partial charge < -0.3 is 10.5 Å². The Morgan fingerprint density at radius 3 is 2.53 bits per heavy atom. The van der Waals surface area contributed by atoms with Crippen LogP contribution in [0.1, 0.15) is 23.9 Å². The van der Waals surface area contributed by atoms with Crippen molar-refractivity contribution in [3.8, 4) is 17.0 Å². The van der Waals surface area contributed by atoms with Crippen LogP contribution in [-0.4, -0.2) is 17.1 Å². The molecule has 0 spiro atoms. The minimum atomic E-state index is 0.553. The van der Waals surface area contributed by atoms with Crippen molar-refractivity contribution in [1.82, 2.24) is 9.97 Å². The van der Waals surface area contributed by atoms with Crippen LogP contribution in [0, 0.1) is 13.8 Å². The third-order valence-electron chi connectivity index (χ3n) is 3.23. The number of hydrogen-bond donors (Lipinski definition) is 1. The van der Waals surface area contributed by atoms with Gasteiger partial charge in [0.1, 0.15) is 17.4 Å². The van der Waals surface area contributed by atoms with Crippen LogP contribution in [0.25, 0.3) is 11.3 Å².